The molecule has 2 fully saturated rings. The van der Waals surface area contributed by atoms with E-state index in [1.54, 1.807) is 30.9 Å². The second-order valence-electron chi connectivity index (χ2n) is 9.88. The number of carbonyl (C=O) groups is 1. The number of aryl methyl sites for hydroxylation is 1. The van der Waals surface area contributed by atoms with Gasteiger partial charge in [-0.1, -0.05) is 11.6 Å². The maximum atomic E-state index is 13.2. The highest BCUT2D eigenvalue weighted by Crippen LogP contribution is 2.36. The number of hydrogen-bond acceptors (Lipinski definition) is 6. The van der Waals surface area contributed by atoms with Crippen molar-refractivity contribution < 1.29 is 9.53 Å². The molecular formula is C27H32ClN5O3. The molecule has 3 heterocycles. The fourth-order valence-electron chi connectivity index (χ4n) is 5.04. The Kier molecular flexibility index (Phi) is 6.90. The Labute approximate surface area is 215 Å². The summed E-state index contributed by atoms with van der Waals surface area (Å²) >= 11 is 6.47. The van der Waals surface area contributed by atoms with Crippen LogP contribution in [0.4, 0.5) is 17.1 Å². The van der Waals surface area contributed by atoms with Crippen molar-refractivity contribution in [3.63, 3.8) is 0 Å². The fourth-order valence-corrected chi connectivity index (χ4v) is 5.19. The highest BCUT2D eigenvalue weighted by molar-refractivity contribution is 6.33. The fraction of sp³-hybridized carbons (Fsp3) is 0.444. The lowest BCUT2D eigenvalue weighted by atomic mass is 10.1. The summed E-state index contributed by atoms with van der Waals surface area (Å²) in [5, 5.41) is 8.26. The predicted octanol–water partition coefficient (Wildman–Crippen LogP) is 4.79. The van der Waals surface area contributed by atoms with Crippen molar-refractivity contribution in [1.82, 2.24) is 14.5 Å². The van der Waals surface area contributed by atoms with E-state index in [1.807, 2.05) is 23.1 Å². The number of ether oxygens (including phenoxy) is 1. The van der Waals surface area contributed by atoms with Crippen LogP contribution in [0.1, 0.15) is 43.1 Å². The van der Waals surface area contributed by atoms with Crippen LogP contribution < -0.4 is 16.2 Å². The zero-order chi connectivity index (χ0) is 25.4. The first kappa shape index (κ1) is 24.6. The molecule has 0 radical (unpaired) electrons. The smallest absolute Gasteiger partial charge is 0.272 e. The number of benzene rings is 1. The number of halogens is 1. The van der Waals surface area contributed by atoms with E-state index < -0.39 is 0 Å². The number of carbonyl (C=O) groups excluding carboxylic acids is 1. The molecule has 1 saturated heterocycles. The van der Waals surface area contributed by atoms with E-state index in [-0.39, 0.29) is 17.5 Å². The number of nitrogens with one attached hydrogen (secondary N) is 2. The van der Waals surface area contributed by atoms with Crippen LogP contribution in [0.25, 0.3) is 10.9 Å². The Morgan fingerprint density at radius 1 is 1.22 bits per heavy atom. The number of rotatable bonds is 8. The molecule has 1 amide bonds. The number of amides is 1. The number of nitrogens with zero attached hydrogens (tertiary/aromatic N) is 3. The van der Waals surface area contributed by atoms with E-state index in [9.17, 15) is 9.59 Å². The SMILES string of the molecule is COCC1CCCN1C(=O)c1cc(Nc2ccc3c(c2)c(N[C@H](C)C2CC2)cc(=O)n3C)c(Cl)cn1. The second kappa shape index (κ2) is 10.1. The van der Waals surface area contributed by atoms with Gasteiger partial charge in [-0.3, -0.25) is 9.59 Å². The molecule has 1 unspecified atom stereocenters. The average molecular weight is 510 g/mol. The van der Waals surface area contributed by atoms with E-state index in [4.69, 9.17) is 16.3 Å². The van der Waals surface area contributed by atoms with Crippen molar-refractivity contribution in [2.75, 3.05) is 30.9 Å². The van der Waals surface area contributed by atoms with Crippen LogP contribution in [0.3, 0.4) is 0 Å². The lowest BCUT2D eigenvalue weighted by molar-refractivity contribution is 0.0625. The topological polar surface area (TPSA) is 88.5 Å². The van der Waals surface area contributed by atoms with Gasteiger partial charge in [0.25, 0.3) is 11.5 Å². The van der Waals surface area contributed by atoms with Crippen LogP contribution in [0, 0.1) is 5.92 Å². The van der Waals surface area contributed by atoms with Crippen LogP contribution in [-0.4, -0.2) is 52.7 Å². The monoisotopic (exact) mass is 509 g/mol. The van der Waals surface area contributed by atoms with Crippen LogP contribution >= 0.6 is 11.6 Å². The molecule has 1 aliphatic heterocycles. The van der Waals surface area contributed by atoms with Crippen molar-refractivity contribution in [2.45, 2.75) is 44.7 Å². The molecule has 2 N–H and O–H groups in total. The van der Waals surface area contributed by atoms with Crippen LogP contribution in [-0.2, 0) is 11.8 Å². The van der Waals surface area contributed by atoms with Crippen molar-refractivity contribution in [1.29, 1.82) is 0 Å². The molecule has 2 aliphatic rings. The van der Waals surface area contributed by atoms with Gasteiger partial charge in [0, 0.05) is 55.8 Å². The lowest BCUT2D eigenvalue weighted by Crippen LogP contribution is -2.38. The van der Waals surface area contributed by atoms with Crippen LogP contribution in [0.15, 0.2) is 41.3 Å². The molecule has 9 heteroatoms. The van der Waals surface area contributed by atoms with Crippen LogP contribution in [0.2, 0.25) is 5.02 Å². The summed E-state index contributed by atoms with van der Waals surface area (Å²) in [6.07, 6.45) is 5.82. The van der Waals surface area contributed by atoms with Gasteiger partial charge in [0.2, 0.25) is 0 Å². The standard InChI is InChI=1S/C27H32ClN5O3/c1-16(17-6-7-17)30-22-13-26(34)32(2)25-9-8-18(11-20(22)25)31-23-12-24(29-14-21(23)28)27(35)33-10-4-5-19(33)15-36-3/h8-9,11-14,16-17,19,30H,4-7,10,15H2,1-3H3,(H,29,31)/t16-,19?/m1/s1. The van der Waals surface area contributed by atoms with E-state index in [0.29, 0.717) is 41.5 Å². The average Bonchev–Trinajstić information content (AvgIpc) is 3.62. The van der Waals surface area contributed by atoms with Gasteiger partial charge in [0.05, 0.1) is 28.9 Å². The number of aromatic nitrogens is 2. The Bertz CT molecular complexity index is 1350. The Balaban J connectivity index is 1.44. The van der Waals surface area contributed by atoms with Gasteiger partial charge in [-0.2, -0.15) is 0 Å². The first-order valence-corrected chi connectivity index (χ1v) is 12.9. The summed E-state index contributed by atoms with van der Waals surface area (Å²) in [6, 6.07) is 9.56. The van der Waals surface area contributed by atoms with E-state index in [0.717, 1.165) is 35.1 Å². The number of pyridine rings is 2. The van der Waals surface area contributed by atoms with Gasteiger partial charge in [-0.25, -0.2) is 4.98 Å². The van der Waals surface area contributed by atoms with Gasteiger partial charge in [-0.15, -0.1) is 0 Å². The van der Waals surface area contributed by atoms with Crippen molar-refractivity contribution in [3.05, 3.63) is 57.6 Å². The third-order valence-corrected chi connectivity index (χ3v) is 7.61. The van der Waals surface area contributed by atoms with E-state index >= 15 is 0 Å². The van der Waals surface area contributed by atoms with Gasteiger partial charge in [0.15, 0.2) is 0 Å². The summed E-state index contributed by atoms with van der Waals surface area (Å²) in [7, 11) is 3.43. The predicted molar refractivity (Wildman–Crippen MR) is 143 cm³/mol. The zero-order valence-electron chi connectivity index (χ0n) is 20.9. The molecule has 8 nitrogen and oxygen atoms in total. The number of anilines is 3. The third-order valence-electron chi connectivity index (χ3n) is 7.31. The highest BCUT2D eigenvalue weighted by atomic mass is 35.5. The summed E-state index contributed by atoms with van der Waals surface area (Å²) in [5.74, 6) is 0.527. The Hall–Kier alpha value is -3.10. The summed E-state index contributed by atoms with van der Waals surface area (Å²) in [6.45, 7) is 3.37. The van der Waals surface area contributed by atoms with Gasteiger partial charge in [0.1, 0.15) is 5.69 Å². The summed E-state index contributed by atoms with van der Waals surface area (Å²) in [4.78, 5) is 31.9. The molecule has 36 heavy (non-hydrogen) atoms. The molecule has 190 valence electrons. The van der Waals surface area contributed by atoms with Gasteiger partial charge < -0.3 is 24.8 Å². The van der Waals surface area contributed by atoms with Crippen molar-refractivity contribution in [2.24, 2.45) is 13.0 Å². The highest BCUT2D eigenvalue weighted by Gasteiger charge is 2.30. The van der Waals surface area contributed by atoms with E-state index in [1.165, 1.54) is 19.0 Å². The number of likely N-dealkylation sites (tertiary alicyclic amines) is 1. The molecule has 5 rings (SSSR count). The molecule has 3 aromatic rings. The second-order valence-corrected chi connectivity index (χ2v) is 10.3. The lowest BCUT2D eigenvalue weighted by Gasteiger charge is -2.24. The maximum absolute atomic E-state index is 13.2. The van der Waals surface area contributed by atoms with Gasteiger partial charge in [-0.05, 0) is 62.8 Å². The molecule has 1 aliphatic carbocycles. The number of methoxy groups -OCH3 is 1. The zero-order valence-corrected chi connectivity index (χ0v) is 21.6. The first-order valence-electron chi connectivity index (χ1n) is 12.5. The normalized spacial score (nSPS) is 18.4. The summed E-state index contributed by atoms with van der Waals surface area (Å²) in [5.41, 5.74) is 3.35. The Morgan fingerprint density at radius 2 is 2.03 bits per heavy atom. The molecule has 0 spiro atoms. The Morgan fingerprint density at radius 3 is 2.78 bits per heavy atom. The molecule has 1 aromatic carbocycles. The molecule has 2 atom stereocenters. The largest absolute Gasteiger partial charge is 0.383 e. The molecular weight excluding hydrogens is 478 g/mol. The quantitative estimate of drug-likeness (QED) is 0.454. The van der Waals surface area contributed by atoms with Crippen molar-refractivity contribution in [3.8, 4) is 0 Å². The third kappa shape index (κ3) is 4.92. The number of fused-ring (bicyclic) bond motifs is 1. The minimum Gasteiger partial charge on any atom is -0.383 e. The minimum absolute atomic E-state index is 0.0530. The van der Waals surface area contributed by atoms with Gasteiger partial charge >= 0.3 is 0 Å². The molecule has 2 aromatic heterocycles. The number of hydrogen-bond donors (Lipinski definition) is 2. The minimum atomic E-state index is -0.122. The maximum Gasteiger partial charge on any atom is 0.272 e. The summed E-state index contributed by atoms with van der Waals surface area (Å²) < 4.78 is 6.94. The molecule has 0 bridgehead atoms. The van der Waals surface area contributed by atoms with Crippen molar-refractivity contribution >= 4 is 45.5 Å². The van der Waals surface area contributed by atoms with E-state index in [2.05, 4.69) is 22.5 Å². The van der Waals surface area contributed by atoms with Crippen LogP contribution in [0.5, 0.6) is 0 Å². The first-order chi connectivity index (χ1) is 17.4. The molecule has 1 saturated carbocycles.